The first-order valence-corrected chi connectivity index (χ1v) is 10.8. The van der Waals surface area contributed by atoms with E-state index in [1.807, 2.05) is 37.2 Å². The van der Waals surface area contributed by atoms with Crippen LogP contribution in [-0.2, 0) is 7.05 Å². The summed E-state index contributed by atoms with van der Waals surface area (Å²) in [5.41, 5.74) is 2.68. The molecule has 1 aliphatic carbocycles. The molecule has 6 heteroatoms. The summed E-state index contributed by atoms with van der Waals surface area (Å²) in [7, 11) is 3.99. The molecule has 4 rings (SSSR count). The van der Waals surface area contributed by atoms with Crippen LogP contribution in [0.2, 0.25) is 0 Å². The van der Waals surface area contributed by atoms with Crippen molar-refractivity contribution in [3.05, 3.63) is 23.8 Å². The number of imidazole rings is 1. The summed E-state index contributed by atoms with van der Waals surface area (Å²) in [6.07, 6.45) is 5.93. The lowest BCUT2D eigenvalue weighted by molar-refractivity contribution is 0.0718. The Morgan fingerprint density at radius 2 is 2.07 bits per heavy atom. The summed E-state index contributed by atoms with van der Waals surface area (Å²) < 4.78 is 2.08. The van der Waals surface area contributed by atoms with E-state index in [0.717, 1.165) is 73.9 Å². The van der Waals surface area contributed by atoms with Crippen molar-refractivity contribution in [2.75, 3.05) is 38.5 Å². The Bertz CT molecular complexity index is 841. The third-order valence-corrected chi connectivity index (χ3v) is 6.48. The van der Waals surface area contributed by atoms with Crippen molar-refractivity contribution in [2.45, 2.75) is 45.1 Å². The number of likely N-dealkylation sites (tertiary alicyclic amines) is 1. The highest BCUT2D eigenvalue weighted by Gasteiger charge is 2.25. The van der Waals surface area contributed by atoms with Gasteiger partial charge in [-0.2, -0.15) is 0 Å². The Morgan fingerprint density at radius 3 is 2.82 bits per heavy atom. The molecule has 1 aromatic heterocycles. The highest BCUT2D eigenvalue weighted by Crippen LogP contribution is 2.29. The SMILES string of the molecule is CCN1CCCC(N(C)C(=O)c2ccc3c(c2)nc(NCC2CC2)n3C)CC1. The van der Waals surface area contributed by atoms with Gasteiger partial charge in [-0.1, -0.05) is 6.92 Å². The molecular formula is C22H33N5O. The fourth-order valence-electron chi connectivity index (χ4n) is 4.26. The summed E-state index contributed by atoms with van der Waals surface area (Å²) in [6.45, 7) is 6.52. The Morgan fingerprint density at radius 1 is 1.25 bits per heavy atom. The second kappa shape index (κ2) is 8.11. The first kappa shape index (κ1) is 19.2. The fraction of sp³-hybridized carbons (Fsp3) is 0.636. The first-order chi connectivity index (χ1) is 13.6. The topological polar surface area (TPSA) is 53.4 Å². The van der Waals surface area contributed by atoms with Crippen molar-refractivity contribution in [1.82, 2.24) is 19.4 Å². The second-order valence-electron chi connectivity index (χ2n) is 8.46. The lowest BCUT2D eigenvalue weighted by Gasteiger charge is -2.27. The molecule has 1 amide bonds. The number of fused-ring (bicyclic) bond motifs is 1. The van der Waals surface area contributed by atoms with E-state index in [1.54, 1.807) is 0 Å². The van der Waals surface area contributed by atoms with Gasteiger partial charge in [0, 0.05) is 38.8 Å². The average Bonchev–Trinajstić information content (AvgIpc) is 3.52. The molecule has 1 aliphatic heterocycles. The minimum absolute atomic E-state index is 0.106. The molecule has 0 spiro atoms. The molecule has 1 saturated carbocycles. The smallest absolute Gasteiger partial charge is 0.253 e. The molecule has 28 heavy (non-hydrogen) atoms. The average molecular weight is 384 g/mol. The van der Waals surface area contributed by atoms with Crippen LogP contribution in [-0.4, -0.2) is 64.5 Å². The Hall–Kier alpha value is -2.08. The van der Waals surface area contributed by atoms with Crippen LogP contribution in [0, 0.1) is 5.92 Å². The zero-order valence-corrected chi connectivity index (χ0v) is 17.4. The standard InChI is InChI=1S/C22H33N5O/c1-4-27-12-5-6-18(11-13-27)25(2)21(28)17-9-10-20-19(14-17)24-22(26(20)3)23-15-16-7-8-16/h9-10,14,16,18H,4-8,11-13,15H2,1-3H3,(H,23,24). The molecule has 152 valence electrons. The van der Waals surface area contributed by atoms with Crippen LogP contribution in [0.4, 0.5) is 5.95 Å². The highest BCUT2D eigenvalue weighted by atomic mass is 16.2. The zero-order chi connectivity index (χ0) is 19.7. The predicted octanol–water partition coefficient (Wildman–Crippen LogP) is 3.34. The molecule has 2 aliphatic rings. The molecule has 1 atom stereocenters. The van der Waals surface area contributed by atoms with Crippen LogP contribution < -0.4 is 5.32 Å². The van der Waals surface area contributed by atoms with Crippen molar-refractivity contribution in [1.29, 1.82) is 0 Å². The maximum absolute atomic E-state index is 13.1. The molecule has 1 saturated heterocycles. The monoisotopic (exact) mass is 383 g/mol. The minimum Gasteiger partial charge on any atom is -0.355 e. The van der Waals surface area contributed by atoms with Crippen LogP contribution in [0.15, 0.2) is 18.2 Å². The van der Waals surface area contributed by atoms with Crippen LogP contribution in [0.5, 0.6) is 0 Å². The lowest BCUT2D eigenvalue weighted by Crippen LogP contribution is -2.37. The number of nitrogens with zero attached hydrogens (tertiary/aromatic N) is 4. The number of aryl methyl sites for hydroxylation is 1. The summed E-state index contributed by atoms with van der Waals surface area (Å²) in [4.78, 5) is 22.3. The molecule has 0 bridgehead atoms. The predicted molar refractivity (Wildman–Crippen MR) is 114 cm³/mol. The molecule has 1 unspecified atom stereocenters. The zero-order valence-electron chi connectivity index (χ0n) is 17.4. The van der Waals surface area contributed by atoms with E-state index in [4.69, 9.17) is 4.98 Å². The van der Waals surface area contributed by atoms with Crippen molar-refractivity contribution in [2.24, 2.45) is 13.0 Å². The quantitative estimate of drug-likeness (QED) is 0.831. The fourth-order valence-corrected chi connectivity index (χ4v) is 4.26. The van der Waals surface area contributed by atoms with Gasteiger partial charge in [0.25, 0.3) is 5.91 Å². The number of aromatic nitrogens is 2. The maximum atomic E-state index is 13.1. The first-order valence-electron chi connectivity index (χ1n) is 10.8. The third-order valence-electron chi connectivity index (χ3n) is 6.48. The van der Waals surface area contributed by atoms with Gasteiger partial charge in [-0.05, 0) is 69.3 Å². The van der Waals surface area contributed by atoms with Crippen LogP contribution in [0.25, 0.3) is 11.0 Å². The van der Waals surface area contributed by atoms with Crippen molar-refractivity contribution in [3.63, 3.8) is 0 Å². The molecule has 0 radical (unpaired) electrons. The van der Waals surface area contributed by atoms with E-state index in [2.05, 4.69) is 21.7 Å². The van der Waals surface area contributed by atoms with Crippen LogP contribution >= 0.6 is 0 Å². The van der Waals surface area contributed by atoms with E-state index in [1.165, 1.54) is 12.8 Å². The summed E-state index contributed by atoms with van der Waals surface area (Å²) >= 11 is 0. The summed E-state index contributed by atoms with van der Waals surface area (Å²) in [5, 5.41) is 3.46. The Balaban J connectivity index is 1.48. The number of benzene rings is 1. The van der Waals surface area contributed by atoms with Crippen LogP contribution in [0.3, 0.4) is 0 Å². The van der Waals surface area contributed by atoms with Gasteiger partial charge in [0.15, 0.2) is 0 Å². The van der Waals surface area contributed by atoms with Gasteiger partial charge in [0.1, 0.15) is 0 Å². The van der Waals surface area contributed by atoms with Gasteiger partial charge in [0.05, 0.1) is 11.0 Å². The number of carbonyl (C=O) groups is 1. The van der Waals surface area contributed by atoms with Gasteiger partial charge < -0.3 is 19.7 Å². The summed E-state index contributed by atoms with van der Waals surface area (Å²) in [5.74, 6) is 1.80. The van der Waals surface area contributed by atoms with Crippen molar-refractivity contribution >= 4 is 22.9 Å². The summed E-state index contributed by atoms with van der Waals surface area (Å²) in [6, 6.07) is 6.24. The second-order valence-corrected chi connectivity index (χ2v) is 8.46. The van der Waals surface area contributed by atoms with E-state index < -0.39 is 0 Å². The molecule has 1 aromatic carbocycles. The van der Waals surface area contributed by atoms with Gasteiger partial charge in [-0.3, -0.25) is 4.79 Å². The minimum atomic E-state index is 0.106. The Labute approximate surface area is 167 Å². The number of carbonyl (C=O) groups excluding carboxylic acids is 1. The van der Waals surface area contributed by atoms with Crippen molar-refractivity contribution in [3.8, 4) is 0 Å². The number of nitrogens with one attached hydrogen (secondary N) is 1. The van der Waals surface area contributed by atoms with Gasteiger partial charge >= 0.3 is 0 Å². The number of amides is 1. The number of anilines is 1. The molecule has 6 nitrogen and oxygen atoms in total. The van der Waals surface area contributed by atoms with E-state index in [0.29, 0.717) is 6.04 Å². The van der Waals surface area contributed by atoms with Gasteiger partial charge in [0.2, 0.25) is 5.95 Å². The molecule has 1 N–H and O–H groups in total. The molecular weight excluding hydrogens is 350 g/mol. The van der Waals surface area contributed by atoms with Crippen LogP contribution in [0.1, 0.15) is 49.4 Å². The number of hydrogen-bond acceptors (Lipinski definition) is 4. The largest absolute Gasteiger partial charge is 0.355 e. The number of hydrogen-bond donors (Lipinski definition) is 1. The molecule has 2 heterocycles. The third kappa shape index (κ3) is 4.02. The van der Waals surface area contributed by atoms with E-state index in [-0.39, 0.29) is 5.91 Å². The normalized spacial score (nSPS) is 20.9. The number of rotatable bonds is 6. The van der Waals surface area contributed by atoms with Crippen molar-refractivity contribution < 1.29 is 4.79 Å². The lowest BCUT2D eigenvalue weighted by atomic mass is 10.1. The maximum Gasteiger partial charge on any atom is 0.253 e. The highest BCUT2D eigenvalue weighted by molar-refractivity contribution is 5.97. The van der Waals surface area contributed by atoms with E-state index in [9.17, 15) is 4.79 Å². The van der Waals surface area contributed by atoms with E-state index >= 15 is 0 Å². The molecule has 2 fully saturated rings. The van der Waals surface area contributed by atoms with Gasteiger partial charge in [-0.15, -0.1) is 0 Å². The molecule has 2 aromatic rings. The van der Waals surface area contributed by atoms with Gasteiger partial charge in [-0.25, -0.2) is 4.98 Å². The Kier molecular flexibility index (Phi) is 5.58.